The van der Waals surface area contributed by atoms with Crippen molar-refractivity contribution in [2.75, 3.05) is 6.54 Å². The Labute approximate surface area is 74.5 Å². The lowest BCUT2D eigenvalue weighted by Crippen LogP contribution is -2.29. The van der Waals surface area contributed by atoms with E-state index in [-0.39, 0.29) is 0 Å². The Morgan fingerprint density at radius 1 is 1.45 bits per heavy atom. The predicted octanol–water partition coefficient (Wildman–Crippen LogP) is 2.39. The summed E-state index contributed by atoms with van der Waals surface area (Å²) >= 11 is 5.86. The molecule has 1 fully saturated rings. The van der Waals surface area contributed by atoms with Crippen LogP contribution < -0.4 is 5.32 Å². The summed E-state index contributed by atoms with van der Waals surface area (Å²) in [6.45, 7) is 5.46. The van der Waals surface area contributed by atoms with E-state index in [1.54, 1.807) is 0 Å². The molecule has 0 aromatic rings. The molecule has 2 atom stereocenters. The van der Waals surface area contributed by atoms with Crippen LogP contribution in [0.25, 0.3) is 0 Å². The van der Waals surface area contributed by atoms with Gasteiger partial charge < -0.3 is 5.32 Å². The molecule has 1 aliphatic rings. The zero-order valence-electron chi connectivity index (χ0n) is 7.44. The summed E-state index contributed by atoms with van der Waals surface area (Å²) < 4.78 is 0. The molecule has 0 aromatic carbocycles. The van der Waals surface area contributed by atoms with E-state index < -0.39 is 0 Å². The van der Waals surface area contributed by atoms with Crippen LogP contribution in [-0.4, -0.2) is 18.0 Å². The van der Waals surface area contributed by atoms with Crippen molar-refractivity contribution in [1.29, 1.82) is 0 Å². The van der Waals surface area contributed by atoms with Gasteiger partial charge in [-0.2, -0.15) is 0 Å². The summed E-state index contributed by atoms with van der Waals surface area (Å²) in [5.74, 6) is 0.975. The SMILES string of the molecule is CC(Cl)CC(C)NCC1CC1. The van der Waals surface area contributed by atoms with Gasteiger partial charge in [0.2, 0.25) is 0 Å². The number of rotatable bonds is 5. The standard InChI is InChI=1S/C9H18ClN/c1-7(10)5-8(2)11-6-9-3-4-9/h7-9,11H,3-6H2,1-2H3. The Kier molecular flexibility index (Phi) is 3.67. The largest absolute Gasteiger partial charge is 0.314 e. The molecular formula is C9H18ClN. The van der Waals surface area contributed by atoms with Crippen molar-refractivity contribution in [1.82, 2.24) is 5.32 Å². The van der Waals surface area contributed by atoms with Gasteiger partial charge in [0, 0.05) is 11.4 Å². The number of halogens is 1. The zero-order valence-corrected chi connectivity index (χ0v) is 8.19. The van der Waals surface area contributed by atoms with Gasteiger partial charge in [-0.1, -0.05) is 0 Å². The molecule has 11 heavy (non-hydrogen) atoms. The average molecular weight is 176 g/mol. The van der Waals surface area contributed by atoms with Crippen LogP contribution in [0, 0.1) is 5.92 Å². The van der Waals surface area contributed by atoms with Crippen LogP contribution in [0.4, 0.5) is 0 Å². The summed E-state index contributed by atoms with van der Waals surface area (Å²) in [6.07, 6.45) is 3.93. The van der Waals surface area contributed by atoms with Gasteiger partial charge in [-0.3, -0.25) is 0 Å². The molecule has 66 valence electrons. The van der Waals surface area contributed by atoms with Crippen LogP contribution in [-0.2, 0) is 0 Å². The molecule has 1 N–H and O–H groups in total. The molecule has 0 radical (unpaired) electrons. The van der Waals surface area contributed by atoms with Crippen LogP contribution in [0.15, 0.2) is 0 Å². The second-order valence-electron chi connectivity index (χ2n) is 3.77. The third kappa shape index (κ3) is 4.65. The first kappa shape index (κ1) is 9.34. The van der Waals surface area contributed by atoms with Crippen molar-refractivity contribution in [2.45, 2.75) is 44.5 Å². The molecule has 2 heteroatoms. The van der Waals surface area contributed by atoms with Crippen LogP contribution in [0.5, 0.6) is 0 Å². The predicted molar refractivity (Wildman–Crippen MR) is 50.1 cm³/mol. The van der Waals surface area contributed by atoms with Crippen LogP contribution in [0.2, 0.25) is 0 Å². The Hall–Kier alpha value is 0.250. The van der Waals surface area contributed by atoms with E-state index in [1.807, 2.05) is 0 Å². The van der Waals surface area contributed by atoms with Gasteiger partial charge in [0.25, 0.3) is 0 Å². The molecule has 1 aliphatic carbocycles. The lowest BCUT2D eigenvalue weighted by atomic mass is 10.2. The van der Waals surface area contributed by atoms with Crippen LogP contribution >= 0.6 is 11.6 Å². The van der Waals surface area contributed by atoms with Crippen LogP contribution in [0.1, 0.15) is 33.1 Å². The third-order valence-corrected chi connectivity index (χ3v) is 2.31. The molecule has 0 saturated heterocycles. The Bertz CT molecular complexity index is 110. The second kappa shape index (κ2) is 4.32. The van der Waals surface area contributed by atoms with E-state index in [0.717, 1.165) is 12.3 Å². The minimum atomic E-state index is 0.303. The van der Waals surface area contributed by atoms with Gasteiger partial charge in [-0.05, 0) is 45.6 Å². The van der Waals surface area contributed by atoms with E-state index >= 15 is 0 Å². The highest BCUT2D eigenvalue weighted by Gasteiger charge is 2.21. The number of hydrogen-bond acceptors (Lipinski definition) is 1. The first-order valence-corrected chi connectivity index (χ1v) is 4.99. The highest BCUT2D eigenvalue weighted by molar-refractivity contribution is 6.20. The van der Waals surface area contributed by atoms with Gasteiger partial charge in [0.05, 0.1) is 0 Å². The summed E-state index contributed by atoms with van der Waals surface area (Å²) in [4.78, 5) is 0. The molecule has 0 aromatic heterocycles. The molecule has 1 nitrogen and oxygen atoms in total. The van der Waals surface area contributed by atoms with Gasteiger partial charge in [0.1, 0.15) is 0 Å². The fourth-order valence-corrected chi connectivity index (χ4v) is 1.53. The van der Waals surface area contributed by atoms with Crippen molar-refractivity contribution >= 4 is 11.6 Å². The maximum atomic E-state index is 5.86. The summed E-state index contributed by atoms with van der Waals surface area (Å²) in [5.41, 5.74) is 0. The Morgan fingerprint density at radius 3 is 2.55 bits per heavy atom. The minimum absolute atomic E-state index is 0.303. The average Bonchev–Trinajstić information content (AvgIpc) is 2.63. The highest BCUT2D eigenvalue weighted by Crippen LogP contribution is 2.27. The molecule has 0 heterocycles. The molecule has 0 aliphatic heterocycles. The fourth-order valence-electron chi connectivity index (χ4n) is 1.26. The second-order valence-corrected chi connectivity index (χ2v) is 4.51. The maximum Gasteiger partial charge on any atom is 0.0322 e. The van der Waals surface area contributed by atoms with E-state index in [9.17, 15) is 0 Å². The van der Waals surface area contributed by atoms with E-state index in [2.05, 4.69) is 19.2 Å². The van der Waals surface area contributed by atoms with E-state index in [0.29, 0.717) is 11.4 Å². The van der Waals surface area contributed by atoms with Crippen molar-refractivity contribution < 1.29 is 0 Å². The molecule has 2 unspecified atom stereocenters. The lowest BCUT2D eigenvalue weighted by Gasteiger charge is -2.14. The summed E-state index contributed by atoms with van der Waals surface area (Å²) in [6, 6.07) is 0.586. The first-order chi connectivity index (χ1) is 5.18. The lowest BCUT2D eigenvalue weighted by molar-refractivity contribution is 0.497. The maximum absolute atomic E-state index is 5.86. The normalized spacial score (nSPS) is 23.2. The summed E-state index contributed by atoms with van der Waals surface area (Å²) in [5, 5.41) is 3.79. The quantitative estimate of drug-likeness (QED) is 0.633. The number of alkyl halides is 1. The topological polar surface area (TPSA) is 12.0 Å². The minimum Gasteiger partial charge on any atom is -0.314 e. The number of nitrogens with one attached hydrogen (secondary N) is 1. The Balaban J connectivity index is 1.95. The van der Waals surface area contributed by atoms with Gasteiger partial charge in [0.15, 0.2) is 0 Å². The van der Waals surface area contributed by atoms with Gasteiger partial charge >= 0.3 is 0 Å². The number of hydrogen-bond donors (Lipinski definition) is 1. The van der Waals surface area contributed by atoms with Crippen molar-refractivity contribution in [2.24, 2.45) is 5.92 Å². The fraction of sp³-hybridized carbons (Fsp3) is 1.00. The van der Waals surface area contributed by atoms with E-state index in [4.69, 9.17) is 11.6 Å². The van der Waals surface area contributed by atoms with Gasteiger partial charge in [-0.15, -0.1) is 11.6 Å². The molecule has 0 bridgehead atoms. The van der Waals surface area contributed by atoms with Crippen molar-refractivity contribution in [3.8, 4) is 0 Å². The zero-order chi connectivity index (χ0) is 8.27. The van der Waals surface area contributed by atoms with Crippen LogP contribution in [0.3, 0.4) is 0 Å². The monoisotopic (exact) mass is 175 g/mol. The highest BCUT2D eigenvalue weighted by atomic mass is 35.5. The molecule has 1 saturated carbocycles. The van der Waals surface area contributed by atoms with Crippen molar-refractivity contribution in [3.05, 3.63) is 0 Å². The van der Waals surface area contributed by atoms with E-state index in [1.165, 1.54) is 19.4 Å². The summed E-state index contributed by atoms with van der Waals surface area (Å²) in [7, 11) is 0. The molecular weight excluding hydrogens is 158 g/mol. The smallest absolute Gasteiger partial charge is 0.0322 e. The molecule has 0 spiro atoms. The first-order valence-electron chi connectivity index (χ1n) is 4.56. The Morgan fingerprint density at radius 2 is 2.09 bits per heavy atom. The van der Waals surface area contributed by atoms with Crippen molar-refractivity contribution in [3.63, 3.8) is 0 Å². The molecule has 1 rings (SSSR count). The van der Waals surface area contributed by atoms with Gasteiger partial charge in [-0.25, -0.2) is 0 Å². The molecule has 0 amide bonds. The third-order valence-electron chi connectivity index (χ3n) is 2.13.